The third-order valence-corrected chi connectivity index (χ3v) is 5.92. The number of benzene rings is 1. The number of hydrogen-bond donors (Lipinski definition) is 1. The largest absolute Gasteiger partial charge is 0.495 e. The van der Waals surface area contributed by atoms with Gasteiger partial charge in [-0.3, -0.25) is 9.59 Å². The van der Waals surface area contributed by atoms with E-state index in [-0.39, 0.29) is 19.3 Å². The molecule has 0 spiro atoms. The molecule has 0 radical (unpaired) electrons. The number of rotatable bonds is 10. The summed E-state index contributed by atoms with van der Waals surface area (Å²) < 4.78 is 22.5. The fourth-order valence-electron chi connectivity index (χ4n) is 3.59. The van der Waals surface area contributed by atoms with Gasteiger partial charge in [0, 0.05) is 61.5 Å². The SMILES string of the molecule is COc1cc2oc(-c3cc[n+](CCCCCC(=O)ON4C(=O)CCC4=O)cc3)nc2cc1SO. The number of carbonyl (C=O) groups excluding carboxylic acids is 3. The summed E-state index contributed by atoms with van der Waals surface area (Å²) >= 11 is 0.597. The van der Waals surface area contributed by atoms with Gasteiger partial charge < -0.3 is 18.5 Å². The first-order valence-corrected chi connectivity index (χ1v) is 11.6. The maximum atomic E-state index is 11.8. The Labute approximate surface area is 199 Å². The summed E-state index contributed by atoms with van der Waals surface area (Å²) in [5.41, 5.74) is 2.01. The third kappa shape index (κ3) is 5.37. The molecule has 2 amide bonds. The number of aryl methyl sites for hydroxylation is 1. The lowest BCUT2D eigenvalue weighted by molar-refractivity contribution is -0.697. The second-order valence-corrected chi connectivity index (χ2v) is 8.38. The van der Waals surface area contributed by atoms with E-state index >= 15 is 0 Å². The van der Waals surface area contributed by atoms with E-state index < -0.39 is 17.8 Å². The molecule has 1 fully saturated rings. The molecule has 0 atom stereocenters. The average Bonchev–Trinajstić information content (AvgIpc) is 3.41. The number of fused-ring (bicyclic) bond motifs is 1. The Balaban J connectivity index is 1.25. The molecule has 34 heavy (non-hydrogen) atoms. The molecular formula is C23H24N3O7S+. The number of methoxy groups -OCH3 is 1. The van der Waals surface area contributed by atoms with Gasteiger partial charge in [0.25, 0.3) is 11.8 Å². The summed E-state index contributed by atoms with van der Waals surface area (Å²) in [7, 11) is 1.53. The van der Waals surface area contributed by atoms with Crippen molar-refractivity contribution in [1.82, 2.24) is 10.0 Å². The van der Waals surface area contributed by atoms with Crippen LogP contribution in [-0.2, 0) is 25.8 Å². The highest BCUT2D eigenvalue weighted by Gasteiger charge is 2.32. The van der Waals surface area contributed by atoms with E-state index in [1.165, 1.54) is 7.11 Å². The van der Waals surface area contributed by atoms with E-state index in [0.29, 0.717) is 51.2 Å². The van der Waals surface area contributed by atoms with Crippen LogP contribution >= 0.6 is 12.0 Å². The number of imide groups is 1. The van der Waals surface area contributed by atoms with Gasteiger partial charge in [-0.25, -0.2) is 14.3 Å². The number of amides is 2. The fourth-order valence-corrected chi connectivity index (χ4v) is 3.98. The van der Waals surface area contributed by atoms with Crippen LogP contribution in [0.2, 0.25) is 0 Å². The van der Waals surface area contributed by atoms with Crippen LogP contribution in [0.5, 0.6) is 5.75 Å². The lowest BCUT2D eigenvalue weighted by Gasteiger charge is -2.12. The zero-order chi connectivity index (χ0) is 24.1. The number of hydrogen-bond acceptors (Lipinski definition) is 9. The summed E-state index contributed by atoms with van der Waals surface area (Å²) in [6.45, 7) is 0.764. The number of pyridine rings is 1. The minimum absolute atomic E-state index is 0.0904. The molecule has 10 nitrogen and oxygen atoms in total. The van der Waals surface area contributed by atoms with Crippen LogP contribution in [0.25, 0.3) is 22.6 Å². The molecule has 0 aliphatic carbocycles. The maximum absolute atomic E-state index is 11.8. The Kier molecular flexibility index (Phi) is 7.43. The van der Waals surface area contributed by atoms with Crippen LogP contribution in [-0.4, -0.2) is 39.5 Å². The van der Waals surface area contributed by atoms with E-state index in [2.05, 4.69) is 4.98 Å². The first kappa shape index (κ1) is 23.7. The number of carbonyl (C=O) groups is 3. The van der Waals surface area contributed by atoms with Crippen LogP contribution in [0.1, 0.15) is 38.5 Å². The van der Waals surface area contributed by atoms with Crippen LogP contribution < -0.4 is 9.30 Å². The summed E-state index contributed by atoms with van der Waals surface area (Å²) in [5.74, 6) is -0.520. The van der Waals surface area contributed by atoms with Crippen LogP contribution in [0.3, 0.4) is 0 Å². The fraction of sp³-hybridized carbons (Fsp3) is 0.348. The highest BCUT2D eigenvalue weighted by atomic mass is 32.2. The average molecular weight is 487 g/mol. The minimum atomic E-state index is -0.568. The van der Waals surface area contributed by atoms with E-state index in [4.69, 9.17) is 14.0 Å². The Morgan fingerprint density at radius 2 is 1.91 bits per heavy atom. The van der Waals surface area contributed by atoms with Crippen molar-refractivity contribution >= 4 is 40.9 Å². The first-order chi connectivity index (χ1) is 16.5. The van der Waals surface area contributed by atoms with Crippen molar-refractivity contribution in [3.63, 3.8) is 0 Å². The molecule has 2 aromatic heterocycles. The van der Waals surface area contributed by atoms with Gasteiger partial charge in [-0.05, 0) is 18.9 Å². The van der Waals surface area contributed by atoms with E-state index in [1.54, 1.807) is 12.1 Å². The summed E-state index contributed by atoms with van der Waals surface area (Å²) in [6.07, 6.45) is 6.44. The Morgan fingerprint density at radius 1 is 1.18 bits per heavy atom. The predicted molar refractivity (Wildman–Crippen MR) is 120 cm³/mol. The number of nitrogens with zero attached hydrogens (tertiary/aromatic N) is 3. The monoisotopic (exact) mass is 486 g/mol. The lowest BCUT2D eigenvalue weighted by Crippen LogP contribution is -2.32. The van der Waals surface area contributed by atoms with Crippen molar-refractivity contribution in [3.05, 3.63) is 36.7 Å². The standard InChI is InChI=1S/C23H23N3O7S/c1-31-18-14-17-16(13-19(18)34-30)24-23(32-17)15-8-11-25(12-9-15)10-4-2-3-5-22(29)33-26-20(27)6-7-21(26)28/h8-9,11-14H,2-7,10H2,1H3/p+1. The highest BCUT2D eigenvalue weighted by Crippen LogP contribution is 2.34. The number of aromatic nitrogens is 2. The van der Waals surface area contributed by atoms with Gasteiger partial charge in [-0.1, -0.05) is 0 Å². The zero-order valence-electron chi connectivity index (χ0n) is 18.6. The minimum Gasteiger partial charge on any atom is -0.495 e. The van der Waals surface area contributed by atoms with Gasteiger partial charge in [0.05, 0.1) is 12.0 Å². The van der Waals surface area contributed by atoms with Crippen molar-refractivity contribution < 1.29 is 37.5 Å². The topological polar surface area (TPSA) is 123 Å². The molecule has 0 unspecified atom stereocenters. The number of hydroxylamine groups is 2. The van der Waals surface area contributed by atoms with Crippen molar-refractivity contribution in [2.24, 2.45) is 0 Å². The van der Waals surface area contributed by atoms with Gasteiger partial charge in [-0.15, -0.1) is 5.06 Å². The maximum Gasteiger partial charge on any atom is 0.333 e. The molecule has 1 N–H and O–H groups in total. The second-order valence-electron chi connectivity index (χ2n) is 7.76. The van der Waals surface area contributed by atoms with E-state index in [1.807, 2.05) is 29.1 Å². The molecule has 1 saturated heterocycles. The zero-order valence-corrected chi connectivity index (χ0v) is 19.4. The number of oxazole rings is 1. The third-order valence-electron chi connectivity index (χ3n) is 5.41. The molecule has 1 aliphatic heterocycles. The van der Waals surface area contributed by atoms with E-state index in [9.17, 15) is 18.9 Å². The van der Waals surface area contributed by atoms with Crippen molar-refractivity contribution in [2.45, 2.75) is 50.0 Å². The van der Waals surface area contributed by atoms with Gasteiger partial charge >= 0.3 is 5.97 Å². The summed E-state index contributed by atoms with van der Waals surface area (Å²) in [4.78, 5) is 44.7. The molecular weight excluding hydrogens is 462 g/mol. The van der Waals surface area contributed by atoms with Crippen molar-refractivity contribution in [3.8, 4) is 17.2 Å². The Bertz CT molecular complexity index is 1150. The molecule has 11 heteroatoms. The van der Waals surface area contributed by atoms with Crippen molar-refractivity contribution in [2.75, 3.05) is 7.11 Å². The quantitative estimate of drug-likeness (QED) is 0.198. The molecule has 1 aliphatic rings. The smallest absolute Gasteiger partial charge is 0.333 e. The highest BCUT2D eigenvalue weighted by molar-refractivity contribution is 7.93. The first-order valence-electron chi connectivity index (χ1n) is 10.8. The molecule has 3 heterocycles. The lowest BCUT2D eigenvalue weighted by atomic mass is 10.2. The van der Waals surface area contributed by atoms with Crippen molar-refractivity contribution in [1.29, 1.82) is 0 Å². The summed E-state index contributed by atoms with van der Waals surface area (Å²) in [5, 5.41) is 0.581. The Morgan fingerprint density at radius 3 is 2.59 bits per heavy atom. The number of ether oxygens (including phenoxy) is 1. The van der Waals surface area contributed by atoms with Crippen LogP contribution in [0.15, 0.2) is 46.0 Å². The van der Waals surface area contributed by atoms with Crippen LogP contribution in [0, 0.1) is 0 Å². The molecule has 1 aromatic carbocycles. The molecule has 0 saturated carbocycles. The van der Waals surface area contributed by atoms with E-state index in [0.717, 1.165) is 24.9 Å². The van der Waals surface area contributed by atoms with Gasteiger partial charge in [0.2, 0.25) is 5.89 Å². The second kappa shape index (κ2) is 10.7. The molecule has 0 bridgehead atoms. The van der Waals surface area contributed by atoms with Gasteiger partial charge in [-0.2, -0.15) is 0 Å². The molecule has 178 valence electrons. The van der Waals surface area contributed by atoms with Gasteiger partial charge in [0.1, 0.15) is 17.8 Å². The molecule has 3 aromatic rings. The predicted octanol–water partition coefficient (Wildman–Crippen LogP) is 3.52. The summed E-state index contributed by atoms with van der Waals surface area (Å²) in [6, 6.07) is 7.23. The molecule has 4 rings (SSSR count). The van der Waals surface area contributed by atoms with Gasteiger partial charge in [0.15, 0.2) is 18.0 Å². The normalized spacial score (nSPS) is 13.6. The Hall–Kier alpha value is -3.44. The number of unbranched alkanes of at least 4 members (excludes halogenated alkanes) is 2. The van der Waals surface area contributed by atoms with Crippen LogP contribution in [0.4, 0.5) is 0 Å².